The number of rotatable bonds is 3. The molecule has 0 saturated carbocycles. The summed E-state index contributed by atoms with van der Waals surface area (Å²) < 4.78 is 0. The Bertz CT molecular complexity index is 196. The number of aliphatic imine (C=N–C) groups is 1. The van der Waals surface area contributed by atoms with E-state index in [4.69, 9.17) is 0 Å². The predicted molar refractivity (Wildman–Crippen MR) is 44.7 cm³/mol. The summed E-state index contributed by atoms with van der Waals surface area (Å²) in [5, 5.41) is 2.68. The van der Waals surface area contributed by atoms with Crippen LogP contribution in [0.15, 0.2) is 16.6 Å². The van der Waals surface area contributed by atoms with E-state index in [9.17, 15) is 4.79 Å². The van der Waals surface area contributed by atoms with Gasteiger partial charge in [-0.25, -0.2) is 0 Å². The maximum atomic E-state index is 10.1. The van der Waals surface area contributed by atoms with Crippen LogP contribution in [0, 0.1) is 0 Å². The first-order valence-electron chi connectivity index (χ1n) is 3.74. The molecular formula is C8H12N2O. The number of hydrogen-bond acceptors (Lipinski definition) is 2. The fraction of sp³-hybridized carbons (Fsp3) is 0.500. The molecule has 1 aliphatic heterocycles. The van der Waals surface area contributed by atoms with Gasteiger partial charge in [0.25, 0.3) is 0 Å². The first-order chi connectivity index (χ1) is 5.34. The average molecular weight is 152 g/mol. The van der Waals surface area contributed by atoms with Crippen LogP contribution >= 0.6 is 0 Å². The van der Waals surface area contributed by atoms with Gasteiger partial charge in [0.2, 0.25) is 6.41 Å². The summed E-state index contributed by atoms with van der Waals surface area (Å²) in [4.78, 5) is 14.2. The highest BCUT2D eigenvalue weighted by atomic mass is 16.1. The molecule has 1 rings (SSSR count). The van der Waals surface area contributed by atoms with E-state index in [1.54, 1.807) is 0 Å². The molecule has 0 aromatic carbocycles. The van der Waals surface area contributed by atoms with E-state index in [1.807, 2.05) is 13.1 Å². The molecule has 3 heteroatoms. The van der Waals surface area contributed by atoms with Crippen LogP contribution in [0.25, 0.3) is 0 Å². The van der Waals surface area contributed by atoms with E-state index < -0.39 is 0 Å². The minimum atomic E-state index is 0.0940. The Hall–Kier alpha value is -1.12. The first-order valence-corrected chi connectivity index (χ1v) is 3.74. The lowest BCUT2D eigenvalue weighted by atomic mass is 10.1. The molecule has 1 heterocycles. The molecule has 0 aromatic rings. The third-order valence-corrected chi connectivity index (χ3v) is 1.70. The number of carbonyl (C=O) groups is 1. The van der Waals surface area contributed by atoms with Gasteiger partial charge in [0, 0.05) is 12.8 Å². The summed E-state index contributed by atoms with van der Waals surface area (Å²) in [6.07, 6.45) is 5.63. The maximum Gasteiger partial charge on any atom is 0.207 e. The van der Waals surface area contributed by atoms with Crippen molar-refractivity contribution in [1.29, 1.82) is 0 Å². The molecule has 0 fully saturated rings. The minimum absolute atomic E-state index is 0.0940. The van der Waals surface area contributed by atoms with Gasteiger partial charge >= 0.3 is 0 Å². The van der Waals surface area contributed by atoms with Crippen LogP contribution in [0.1, 0.15) is 13.3 Å². The third kappa shape index (κ3) is 2.18. The Morgan fingerprint density at radius 1 is 1.82 bits per heavy atom. The summed E-state index contributed by atoms with van der Waals surface area (Å²) in [7, 11) is 0. The molecule has 1 atom stereocenters. The first kappa shape index (κ1) is 7.98. The third-order valence-electron chi connectivity index (χ3n) is 1.70. The SMILES string of the molecule is CC(NC=O)C1=CCCN=C1. The number of carbonyl (C=O) groups excluding carboxylic acids is 1. The van der Waals surface area contributed by atoms with Crippen molar-refractivity contribution in [2.45, 2.75) is 19.4 Å². The van der Waals surface area contributed by atoms with Gasteiger partial charge in [0.15, 0.2) is 0 Å². The monoisotopic (exact) mass is 152 g/mol. The molecular weight excluding hydrogens is 140 g/mol. The van der Waals surface area contributed by atoms with Gasteiger partial charge in [-0.3, -0.25) is 9.79 Å². The standard InChI is InChI=1S/C8H12N2O/c1-7(10-6-11)8-3-2-4-9-5-8/h3,5-7H,2,4H2,1H3,(H,10,11). The lowest BCUT2D eigenvalue weighted by Crippen LogP contribution is -2.27. The number of nitrogens with zero attached hydrogens (tertiary/aromatic N) is 1. The minimum Gasteiger partial charge on any atom is -0.352 e. The molecule has 60 valence electrons. The van der Waals surface area contributed by atoms with Gasteiger partial charge in [-0.1, -0.05) is 6.08 Å². The second kappa shape index (κ2) is 3.91. The van der Waals surface area contributed by atoms with Crippen LogP contribution in [0.5, 0.6) is 0 Å². The normalized spacial score (nSPS) is 18.8. The van der Waals surface area contributed by atoms with E-state index in [0.717, 1.165) is 18.5 Å². The second-order valence-electron chi connectivity index (χ2n) is 2.53. The smallest absolute Gasteiger partial charge is 0.207 e. The predicted octanol–water partition coefficient (Wildman–Crippen LogP) is 0.522. The van der Waals surface area contributed by atoms with Crippen LogP contribution in [-0.4, -0.2) is 25.2 Å². The number of dihydropyridines is 1. The number of amides is 1. The molecule has 1 N–H and O–H groups in total. The highest BCUT2D eigenvalue weighted by Gasteiger charge is 2.05. The molecule has 1 aliphatic rings. The quantitative estimate of drug-likeness (QED) is 0.588. The molecule has 0 saturated heterocycles. The Morgan fingerprint density at radius 2 is 2.64 bits per heavy atom. The van der Waals surface area contributed by atoms with Crippen LogP contribution in [-0.2, 0) is 4.79 Å². The van der Waals surface area contributed by atoms with Crippen molar-refractivity contribution in [3.8, 4) is 0 Å². The summed E-state index contributed by atoms with van der Waals surface area (Å²) in [6, 6.07) is 0.0940. The van der Waals surface area contributed by atoms with Crippen LogP contribution in [0.2, 0.25) is 0 Å². The summed E-state index contributed by atoms with van der Waals surface area (Å²) in [6.45, 7) is 2.81. The van der Waals surface area contributed by atoms with Crippen LogP contribution < -0.4 is 5.32 Å². The fourth-order valence-electron chi connectivity index (χ4n) is 1.02. The summed E-state index contributed by atoms with van der Waals surface area (Å²) in [5.41, 5.74) is 1.10. The van der Waals surface area contributed by atoms with Crippen molar-refractivity contribution >= 4 is 12.6 Å². The fourth-order valence-corrected chi connectivity index (χ4v) is 1.02. The zero-order valence-corrected chi connectivity index (χ0v) is 6.58. The molecule has 3 nitrogen and oxygen atoms in total. The molecule has 1 unspecified atom stereocenters. The van der Waals surface area contributed by atoms with Crippen molar-refractivity contribution in [2.75, 3.05) is 6.54 Å². The van der Waals surface area contributed by atoms with E-state index >= 15 is 0 Å². The van der Waals surface area contributed by atoms with Gasteiger partial charge < -0.3 is 5.32 Å². The van der Waals surface area contributed by atoms with Crippen LogP contribution in [0.3, 0.4) is 0 Å². The van der Waals surface area contributed by atoms with E-state index in [2.05, 4.69) is 16.4 Å². The Balaban J connectivity index is 2.51. The molecule has 0 spiro atoms. The van der Waals surface area contributed by atoms with Crippen molar-refractivity contribution < 1.29 is 4.79 Å². The highest BCUT2D eigenvalue weighted by molar-refractivity contribution is 5.81. The Morgan fingerprint density at radius 3 is 3.18 bits per heavy atom. The van der Waals surface area contributed by atoms with Gasteiger partial charge in [0.1, 0.15) is 0 Å². The van der Waals surface area contributed by atoms with E-state index in [-0.39, 0.29) is 6.04 Å². The molecule has 0 aliphatic carbocycles. The van der Waals surface area contributed by atoms with Gasteiger partial charge in [-0.2, -0.15) is 0 Å². The summed E-state index contributed by atoms with van der Waals surface area (Å²) in [5.74, 6) is 0. The molecule has 1 amide bonds. The van der Waals surface area contributed by atoms with Crippen molar-refractivity contribution in [3.05, 3.63) is 11.6 Å². The molecule has 0 radical (unpaired) electrons. The van der Waals surface area contributed by atoms with E-state index in [0.29, 0.717) is 6.41 Å². The average Bonchev–Trinajstić information content (AvgIpc) is 2.07. The van der Waals surface area contributed by atoms with Gasteiger partial charge in [0.05, 0.1) is 6.04 Å². The molecule has 0 aromatic heterocycles. The summed E-state index contributed by atoms with van der Waals surface area (Å²) >= 11 is 0. The Kier molecular flexibility index (Phi) is 2.83. The zero-order chi connectivity index (χ0) is 8.10. The van der Waals surface area contributed by atoms with Crippen molar-refractivity contribution in [3.63, 3.8) is 0 Å². The lowest BCUT2D eigenvalue weighted by molar-refractivity contribution is -0.109. The zero-order valence-electron chi connectivity index (χ0n) is 6.58. The number of hydrogen-bond donors (Lipinski definition) is 1. The lowest BCUT2D eigenvalue weighted by Gasteiger charge is -2.13. The molecule has 11 heavy (non-hydrogen) atoms. The number of nitrogens with one attached hydrogen (secondary N) is 1. The topological polar surface area (TPSA) is 41.5 Å². The van der Waals surface area contributed by atoms with Crippen LogP contribution in [0.4, 0.5) is 0 Å². The largest absolute Gasteiger partial charge is 0.352 e. The Labute approximate surface area is 66.2 Å². The second-order valence-corrected chi connectivity index (χ2v) is 2.53. The molecule has 0 bridgehead atoms. The van der Waals surface area contributed by atoms with Crippen molar-refractivity contribution in [1.82, 2.24) is 5.32 Å². The van der Waals surface area contributed by atoms with Gasteiger partial charge in [-0.15, -0.1) is 0 Å². The maximum absolute atomic E-state index is 10.1. The van der Waals surface area contributed by atoms with Crippen molar-refractivity contribution in [2.24, 2.45) is 4.99 Å². The highest BCUT2D eigenvalue weighted by Crippen LogP contribution is 2.04. The van der Waals surface area contributed by atoms with Gasteiger partial charge in [-0.05, 0) is 18.9 Å². The van der Waals surface area contributed by atoms with E-state index in [1.165, 1.54) is 0 Å².